The summed E-state index contributed by atoms with van der Waals surface area (Å²) < 4.78 is 1.69. The lowest BCUT2D eigenvalue weighted by molar-refractivity contribution is 0.0689. The summed E-state index contributed by atoms with van der Waals surface area (Å²) in [7, 11) is 0. The quantitative estimate of drug-likeness (QED) is 0.687. The Kier molecular flexibility index (Phi) is 6.39. The van der Waals surface area contributed by atoms with Crippen LogP contribution in [0.25, 0.3) is 0 Å². The van der Waals surface area contributed by atoms with E-state index in [9.17, 15) is 4.79 Å². The van der Waals surface area contributed by atoms with Crippen molar-refractivity contribution in [3.8, 4) is 0 Å². The van der Waals surface area contributed by atoms with Crippen molar-refractivity contribution < 1.29 is 9.90 Å². The fraction of sp³-hybridized carbons (Fsp3) is 0.769. The van der Waals surface area contributed by atoms with Crippen LogP contribution in [0.1, 0.15) is 68.1 Å². The third kappa shape index (κ3) is 4.47. The number of hydrogen-bond donors (Lipinski definition) is 1. The molecule has 0 aliphatic heterocycles. The van der Waals surface area contributed by atoms with Crippen LogP contribution < -0.4 is 0 Å². The van der Waals surface area contributed by atoms with Crippen LogP contribution in [0.3, 0.4) is 0 Å². The fourth-order valence-corrected chi connectivity index (χ4v) is 1.99. The predicted molar refractivity (Wildman–Crippen MR) is 69.7 cm³/mol. The Morgan fingerprint density at radius 3 is 2.33 bits per heavy atom. The second kappa shape index (κ2) is 7.84. The number of nitrogens with zero attached hydrogens (tertiary/aromatic N) is 3. The molecular formula is C13H23N3O2. The van der Waals surface area contributed by atoms with Gasteiger partial charge in [0, 0.05) is 6.54 Å². The summed E-state index contributed by atoms with van der Waals surface area (Å²) in [5, 5.41) is 16.4. The van der Waals surface area contributed by atoms with Gasteiger partial charge in [-0.25, -0.2) is 9.48 Å². The van der Waals surface area contributed by atoms with Gasteiger partial charge in [-0.15, -0.1) is 5.10 Å². The second-order valence-electron chi connectivity index (χ2n) is 4.67. The average Bonchev–Trinajstić information content (AvgIpc) is 2.70. The lowest BCUT2D eigenvalue weighted by atomic mass is 10.1. The van der Waals surface area contributed by atoms with Gasteiger partial charge in [0.25, 0.3) is 0 Å². The zero-order chi connectivity index (χ0) is 13.4. The van der Waals surface area contributed by atoms with Crippen LogP contribution in [0.5, 0.6) is 0 Å². The molecule has 0 bridgehead atoms. The second-order valence-corrected chi connectivity index (χ2v) is 4.67. The molecule has 0 aromatic carbocycles. The van der Waals surface area contributed by atoms with E-state index in [1.165, 1.54) is 38.5 Å². The van der Waals surface area contributed by atoms with Crippen molar-refractivity contribution in [2.75, 3.05) is 0 Å². The molecule has 1 aromatic heterocycles. The van der Waals surface area contributed by atoms with E-state index in [0.29, 0.717) is 5.69 Å². The molecule has 1 rings (SSSR count). The van der Waals surface area contributed by atoms with Gasteiger partial charge in [-0.1, -0.05) is 50.7 Å². The van der Waals surface area contributed by atoms with Gasteiger partial charge in [-0.2, -0.15) is 0 Å². The Morgan fingerprint density at radius 2 is 1.78 bits per heavy atom. The number of aromatic carboxylic acids is 1. The minimum absolute atomic E-state index is 0.0675. The summed E-state index contributed by atoms with van der Waals surface area (Å²) in [6, 6.07) is 0. The monoisotopic (exact) mass is 253 g/mol. The molecule has 1 heterocycles. The van der Waals surface area contributed by atoms with Gasteiger partial charge in [-0.3, -0.25) is 0 Å². The molecule has 0 aliphatic rings. The van der Waals surface area contributed by atoms with Crippen LogP contribution in [0, 0.1) is 6.92 Å². The molecule has 0 spiro atoms. The lowest BCUT2D eigenvalue weighted by Crippen LogP contribution is -2.04. The molecule has 0 saturated heterocycles. The standard InChI is InChI=1S/C13H23N3O2/c1-3-4-5-6-7-8-9-10-16-11(2)12(13(17)18)14-15-16/h3-10H2,1-2H3,(H,17,18). The zero-order valence-electron chi connectivity index (χ0n) is 11.4. The smallest absolute Gasteiger partial charge is 0.358 e. The minimum atomic E-state index is -1.00. The summed E-state index contributed by atoms with van der Waals surface area (Å²) in [5.41, 5.74) is 0.714. The van der Waals surface area contributed by atoms with Gasteiger partial charge >= 0.3 is 5.97 Å². The van der Waals surface area contributed by atoms with E-state index >= 15 is 0 Å². The maximum absolute atomic E-state index is 10.8. The van der Waals surface area contributed by atoms with E-state index in [-0.39, 0.29) is 5.69 Å². The molecule has 0 atom stereocenters. The highest BCUT2D eigenvalue weighted by Gasteiger charge is 2.14. The van der Waals surface area contributed by atoms with Gasteiger partial charge in [0.05, 0.1) is 5.69 Å². The van der Waals surface area contributed by atoms with E-state index < -0.39 is 5.97 Å². The van der Waals surface area contributed by atoms with Crippen LogP contribution in [-0.4, -0.2) is 26.1 Å². The highest BCUT2D eigenvalue weighted by Crippen LogP contribution is 2.09. The highest BCUT2D eigenvalue weighted by atomic mass is 16.4. The number of hydrogen-bond acceptors (Lipinski definition) is 3. The van der Waals surface area contributed by atoms with Crippen molar-refractivity contribution in [3.05, 3.63) is 11.4 Å². The third-order valence-corrected chi connectivity index (χ3v) is 3.16. The van der Waals surface area contributed by atoms with Gasteiger partial charge in [0.15, 0.2) is 5.69 Å². The molecule has 5 heteroatoms. The van der Waals surface area contributed by atoms with Gasteiger partial charge in [0.2, 0.25) is 0 Å². The summed E-state index contributed by atoms with van der Waals surface area (Å²) >= 11 is 0. The molecular weight excluding hydrogens is 230 g/mol. The van der Waals surface area contributed by atoms with Crippen molar-refractivity contribution >= 4 is 5.97 Å². The summed E-state index contributed by atoms with van der Waals surface area (Å²) in [4.78, 5) is 10.8. The van der Waals surface area contributed by atoms with Crippen molar-refractivity contribution in [2.45, 2.75) is 65.3 Å². The first-order valence-corrected chi connectivity index (χ1v) is 6.80. The Labute approximate surface area is 108 Å². The van der Waals surface area contributed by atoms with Gasteiger partial charge in [0.1, 0.15) is 0 Å². The summed E-state index contributed by atoms with van der Waals surface area (Å²) in [6.45, 7) is 4.73. The number of aromatic nitrogens is 3. The van der Waals surface area contributed by atoms with E-state index in [4.69, 9.17) is 5.11 Å². The van der Waals surface area contributed by atoms with Gasteiger partial charge in [-0.05, 0) is 13.3 Å². The molecule has 0 unspecified atom stereocenters. The first kappa shape index (κ1) is 14.7. The first-order chi connectivity index (χ1) is 8.66. The molecule has 0 aliphatic carbocycles. The molecule has 0 saturated carbocycles. The Hall–Kier alpha value is -1.39. The Morgan fingerprint density at radius 1 is 1.17 bits per heavy atom. The summed E-state index contributed by atoms with van der Waals surface area (Å²) in [6.07, 6.45) is 8.67. The third-order valence-electron chi connectivity index (χ3n) is 3.16. The maximum Gasteiger partial charge on any atom is 0.358 e. The molecule has 102 valence electrons. The van der Waals surface area contributed by atoms with E-state index in [0.717, 1.165) is 13.0 Å². The SMILES string of the molecule is CCCCCCCCCn1nnc(C(=O)O)c1C. The molecule has 18 heavy (non-hydrogen) atoms. The molecule has 0 amide bonds. The highest BCUT2D eigenvalue weighted by molar-refractivity contribution is 5.86. The van der Waals surface area contributed by atoms with Gasteiger partial charge < -0.3 is 5.11 Å². The zero-order valence-corrected chi connectivity index (χ0v) is 11.4. The molecule has 1 aromatic rings. The van der Waals surface area contributed by atoms with E-state index in [2.05, 4.69) is 17.2 Å². The first-order valence-electron chi connectivity index (χ1n) is 6.80. The van der Waals surface area contributed by atoms with Crippen LogP contribution >= 0.6 is 0 Å². The number of carboxylic acids is 1. The number of aryl methyl sites for hydroxylation is 1. The molecule has 0 fully saturated rings. The number of carbonyl (C=O) groups is 1. The average molecular weight is 253 g/mol. The van der Waals surface area contributed by atoms with Crippen LogP contribution in [0.4, 0.5) is 0 Å². The van der Waals surface area contributed by atoms with Crippen LogP contribution in [0.2, 0.25) is 0 Å². The molecule has 0 radical (unpaired) electrons. The Bertz CT molecular complexity index is 374. The number of rotatable bonds is 9. The van der Waals surface area contributed by atoms with Crippen molar-refractivity contribution in [3.63, 3.8) is 0 Å². The molecule has 5 nitrogen and oxygen atoms in total. The minimum Gasteiger partial charge on any atom is -0.476 e. The largest absolute Gasteiger partial charge is 0.476 e. The van der Waals surface area contributed by atoms with Crippen LogP contribution in [-0.2, 0) is 6.54 Å². The van der Waals surface area contributed by atoms with Crippen LogP contribution in [0.15, 0.2) is 0 Å². The number of carboxylic acid groups (broad SMARTS) is 1. The normalized spacial score (nSPS) is 10.8. The maximum atomic E-state index is 10.8. The van der Waals surface area contributed by atoms with Crippen molar-refractivity contribution in [1.82, 2.24) is 15.0 Å². The van der Waals surface area contributed by atoms with E-state index in [1.807, 2.05) is 0 Å². The molecule has 1 N–H and O–H groups in total. The van der Waals surface area contributed by atoms with E-state index in [1.54, 1.807) is 11.6 Å². The predicted octanol–water partition coefficient (Wildman–Crippen LogP) is 3.04. The van der Waals surface area contributed by atoms with Crippen molar-refractivity contribution in [2.24, 2.45) is 0 Å². The number of unbranched alkanes of at least 4 members (excludes halogenated alkanes) is 6. The Balaban J connectivity index is 2.21. The fourth-order valence-electron chi connectivity index (χ4n) is 1.99. The lowest BCUT2D eigenvalue weighted by Gasteiger charge is -2.03. The summed E-state index contributed by atoms with van der Waals surface area (Å²) in [5.74, 6) is -1.00. The topological polar surface area (TPSA) is 68.0 Å². The van der Waals surface area contributed by atoms with Crippen molar-refractivity contribution in [1.29, 1.82) is 0 Å².